The minimum Gasteiger partial charge on any atom is -0.483 e. The first-order chi connectivity index (χ1) is 12.2. The molecule has 1 heterocycles. The maximum absolute atomic E-state index is 12.2. The van der Waals surface area contributed by atoms with E-state index in [1.807, 2.05) is 54.6 Å². The van der Waals surface area contributed by atoms with Crippen molar-refractivity contribution in [3.63, 3.8) is 0 Å². The number of nitrogens with one attached hydrogen (secondary N) is 2. The van der Waals surface area contributed by atoms with E-state index in [2.05, 4.69) is 17.6 Å². The summed E-state index contributed by atoms with van der Waals surface area (Å²) in [6.45, 7) is 5.02. The minimum atomic E-state index is -0.0670. The van der Waals surface area contributed by atoms with Gasteiger partial charge in [0.25, 0.3) is 5.91 Å². The highest BCUT2D eigenvalue weighted by atomic mass is 16.5. The van der Waals surface area contributed by atoms with Crippen LogP contribution in [0.25, 0.3) is 11.1 Å². The number of hydrogen-bond acceptors (Lipinski definition) is 3. The zero-order valence-corrected chi connectivity index (χ0v) is 14.8. The first-order valence-electron chi connectivity index (χ1n) is 8.91. The maximum Gasteiger partial charge on any atom is 0.257 e. The number of ether oxygens (including phenoxy) is 1. The van der Waals surface area contributed by atoms with E-state index in [1.165, 1.54) is 0 Å². The molecule has 0 aromatic heterocycles. The standard InChI is InChI=1S/C21H26N2O2/c1-21(11-13-22-14-12-21)16-23-20(24)15-25-19-10-6-5-9-18(19)17-7-3-2-4-8-17/h2-10,22H,11-16H2,1H3,(H,23,24). The molecule has 132 valence electrons. The highest BCUT2D eigenvalue weighted by Crippen LogP contribution is 2.29. The van der Waals surface area contributed by atoms with Gasteiger partial charge < -0.3 is 15.4 Å². The van der Waals surface area contributed by atoms with Crippen LogP contribution in [0.4, 0.5) is 0 Å². The summed E-state index contributed by atoms with van der Waals surface area (Å²) in [6, 6.07) is 17.9. The molecule has 0 saturated carbocycles. The van der Waals surface area contributed by atoms with Crippen LogP contribution in [0.1, 0.15) is 19.8 Å². The van der Waals surface area contributed by atoms with Gasteiger partial charge in [0.05, 0.1) is 0 Å². The monoisotopic (exact) mass is 338 g/mol. The SMILES string of the molecule is CC1(CNC(=O)COc2ccccc2-c2ccccc2)CCNCC1. The molecule has 1 aliphatic heterocycles. The molecule has 0 atom stereocenters. The molecule has 0 bridgehead atoms. The average Bonchev–Trinajstić information content (AvgIpc) is 2.66. The Bertz CT molecular complexity index is 694. The Labute approximate surface area is 149 Å². The number of benzene rings is 2. The van der Waals surface area contributed by atoms with Gasteiger partial charge in [0.2, 0.25) is 0 Å². The highest BCUT2D eigenvalue weighted by molar-refractivity contribution is 5.78. The summed E-state index contributed by atoms with van der Waals surface area (Å²) in [5.74, 6) is 0.666. The van der Waals surface area contributed by atoms with E-state index < -0.39 is 0 Å². The van der Waals surface area contributed by atoms with Crippen LogP contribution in [-0.4, -0.2) is 32.1 Å². The lowest BCUT2D eigenvalue weighted by Gasteiger charge is -2.34. The van der Waals surface area contributed by atoms with Gasteiger partial charge in [-0.1, -0.05) is 55.5 Å². The van der Waals surface area contributed by atoms with Crippen molar-refractivity contribution in [3.05, 3.63) is 54.6 Å². The zero-order valence-electron chi connectivity index (χ0n) is 14.8. The predicted molar refractivity (Wildman–Crippen MR) is 101 cm³/mol. The van der Waals surface area contributed by atoms with E-state index in [4.69, 9.17) is 4.74 Å². The Morgan fingerprint density at radius 2 is 1.76 bits per heavy atom. The van der Waals surface area contributed by atoms with Gasteiger partial charge in [-0.3, -0.25) is 4.79 Å². The number of amides is 1. The van der Waals surface area contributed by atoms with Gasteiger partial charge >= 0.3 is 0 Å². The summed E-state index contributed by atoms with van der Waals surface area (Å²) in [5, 5.41) is 6.39. The van der Waals surface area contributed by atoms with Gasteiger partial charge in [0.15, 0.2) is 6.61 Å². The molecule has 0 unspecified atom stereocenters. The second-order valence-corrected chi connectivity index (χ2v) is 6.99. The van der Waals surface area contributed by atoms with Crippen molar-refractivity contribution in [2.24, 2.45) is 5.41 Å². The van der Waals surface area contributed by atoms with E-state index in [1.54, 1.807) is 0 Å². The Morgan fingerprint density at radius 3 is 2.52 bits per heavy atom. The minimum absolute atomic E-state index is 0.0399. The fourth-order valence-electron chi connectivity index (χ4n) is 3.16. The number of piperidine rings is 1. The molecule has 1 saturated heterocycles. The third kappa shape index (κ3) is 4.83. The van der Waals surface area contributed by atoms with Gasteiger partial charge in [0, 0.05) is 12.1 Å². The summed E-state index contributed by atoms with van der Waals surface area (Å²) in [6.07, 6.45) is 2.18. The quantitative estimate of drug-likeness (QED) is 0.850. The molecule has 25 heavy (non-hydrogen) atoms. The topological polar surface area (TPSA) is 50.4 Å². The molecule has 2 aromatic rings. The third-order valence-corrected chi connectivity index (χ3v) is 4.85. The van der Waals surface area contributed by atoms with E-state index in [9.17, 15) is 4.79 Å². The second-order valence-electron chi connectivity index (χ2n) is 6.99. The van der Waals surface area contributed by atoms with E-state index in [0.29, 0.717) is 6.54 Å². The lowest BCUT2D eigenvalue weighted by Crippen LogP contribution is -2.43. The summed E-state index contributed by atoms with van der Waals surface area (Å²) >= 11 is 0. The molecular weight excluding hydrogens is 312 g/mol. The van der Waals surface area contributed by atoms with Crippen LogP contribution in [0.3, 0.4) is 0 Å². The second kappa shape index (κ2) is 8.17. The summed E-state index contributed by atoms with van der Waals surface area (Å²) in [7, 11) is 0. The highest BCUT2D eigenvalue weighted by Gasteiger charge is 2.27. The molecular formula is C21H26N2O2. The normalized spacial score (nSPS) is 16.2. The molecule has 1 fully saturated rings. The van der Waals surface area contributed by atoms with Crippen molar-refractivity contribution in [1.82, 2.24) is 10.6 Å². The number of rotatable bonds is 6. The Balaban J connectivity index is 1.56. The van der Waals surface area contributed by atoms with E-state index >= 15 is 0 Å². The van der Waals surface area contributed by atoms with Gasteiger partial charge in [-0.2, -0.15) is 0 Å². The Morgan fingerprint density at radius 1 is 1.08 bits per heavy atom. The number of para-hydroxylation sites is 1. The first kappa shape index (κ1) is 17.5. The fraction of sp³-hybridized carbons (Fsp3) is 0.381. The largest absolute Gasteiger partial charge is 0.483 e. The molecule has 0 radical (unpaired) electrons. The molecule has 3 rings (SSSR count). The van der Waals surface area contributed by atoms with Crippen LogP contribution >= 0.6 is 0 Å². The van der Waals surface area contributed by atoms with Crippen molar-refractivity contribution in [3.8, 4) is 16.9 Å². The maximum atomic E-state index is 12.2. The van der Waals surface area contributed by atoms with Crippen LogP contribution < -0.4 is 15.4 Å². The van der Waals surface area contributed by atoms with E-state index in [-0.39, 0.29) is 17.9 Å². The lowest BCUT2D eigenvalue weighted by molar-refractivity contribution is -0.123. The lowest BCUT2D eigenvalue weighted by atomic mass is 9.81. The number of hydrogen-bond donors (Lipinski definition) is 2. The van der Waals surface area contributed by atoms with Gasteiger partial charge in [-0.25, -0.2) is 0 Å². The van der Waals surface area contributed by atoms with Crippen molar-refractivity contribution in [2.75, 3.05) is 26.2 Å². The summed E-state index contributed by atoms with van der Waals surface area (Å²) in [4.78, 5) is 12.2. The first-order valence-corrected chi connectivity index (χ1v) is 8.91. The van der Waals surface area contributed by atoms with Gasteiger partial charge in [-0.15, -0.1) is 0 Å². The molecule has 4 heteroatoms. The smallest absolute Gasteiger partial charge is 0.257 e. The molecule has 0 spiro atoms. The number of carbonyl (C=O) groups excluding carboxylic acids is 1. The molecule has 1 aliphatic rings. The summed E-state index contributed by atoms with van der Waals surface area (Å²) in [5.41, 5.74) is 2.27. The van der Waals surface area contributed by atoms with Crippen LogP contribution in [-0.2, 0) is 4.79 Å². The molecule has 0 aliphatic carbocycles. The van der Waals surface area contributed by atoms with Crippen molar-refractivity contribution in [2.45, 2.75) is 19.8 Å². The molecule has 2 N–H and O–H groups in total. The van der Waals surface area contributed by atoms with Crippen LogP contribution in [0.5, 0.6) is 5.75 Å². The Hall–Kier alpha value is -2.33. The molecule has 2 aromatic carbocycles. The van der Waals surface area contributed by atoms with Crippen LogP contribution in [0.2, 0.25) is 0 Å². The summed E-state index contributed by atoms with van der Waals surface area (Å²) < 4.78 is 5.80. The van der Waals surface area contributed by atoms with Crippen LogP contribution in [0, 0.1) is 5.41 Å². The Kier molecular flexibility index (Phi) is 5.71. The van der Waals surface area contributed by atoms with Gasteiger partial charge in [0.1, 0.15) is 5.75 Å². The number of carbonyl (C=O) groups is 1. The molecule has 1 amide bonds. The van der Waals surface area contributed by atoms with Crippen molar-refractivity contribution >= 4 is 5.91 Å². The third-order valence-electron chi connectivity index (χ3n) is 4.85. The van der Waals surface area contributed by atoms with E-state index in [0.717, 1.165) is 42.8 Å². The molecule has 4 nitrogen and oxygen atoms in total. The zero-order chi connectivity index (χ0) is 17.5. The van der Waals surface area contributed by atoms with Gasteiger partial charge in [-0.05, 0) is 43.0 Å². The van der Waals surface area contributed by atoms with Crippen molar-refractivity contribution in [1.29, 1.82) is 0 Å². The fourth-order valence-corrected chi connectivity index (χ4v) is 3.16. The van der Waals surface area contributed by atoms with Crippen molar-refractivity contribution < 1.29 is 9.53 Å². The average molecular weight is 338 g/mol. The predicted octanol–water partition coefficient (Wildman–Crippen LogP) is 3.24. The van der Waals surface area contributed by atoms with Crippen LogP contribution in [0.15, 0.2) is 54.6 Å².